The number of rotatable bonds is 2. The third-order valence-electron chi connectivity index (χ3n) is 0.600. The lowest BCUT2D eigenvalue weighted by Gasteiger charge is -1.91. The highest BCUT2D eigenvalue weighted by Gasteiger charge is 2.04. The maximum atomic E-state index is 5.40. The number of nitrogens with zero attached hydrogens (tertiary/aromatic N) is 1. The molecule has 0 aliphatic heterocycles. The second-order valence-corrected chi connectivity index (χ2v) is 3.85. The highest BCUT2D eigenvalue weighted by atomic mass is 35.5. The molecule has 0 aliphatic rings. The van der Waals surface area contributed by atoms with Crippen LogP contribution in [0.2, 0.25) is 0 Å². The molecule has 1 aromatic rings. The zero-order valence-electron chi connectivity index (χ0n) is 4.25. The molecule has 1 aromatic heterocycles. The first kappa shape index (κ1) is 7.25. The van der Waals surface area contributed by atoms with E-state index in [1.807, 2.05) is 0 Å². The molecule has 2 nitrogen and oxygen atoms in total. The number of oxazole rings is 1. The smallest absolute Gasteiger partial charge is 0.258 e. The summed E-state index contributed by atoms with van der Waals surface area (Å²) < 4.78 is 4.32. The zero-order valence-corrected chi connectivity index (χ0v) is 6.58. The van der Waals surface area contributed by atoms with Crippen LogP contribution in [-0.4, -0.2) is 9.15 Å². The third-order valence-corrected chi connectivity index (χ3v) is 1.72. The summed E-state index contributed by atoms with van der Waals surface area (Å²) in [7, 11) is 0. The van der Waals surface area contributed by atoms with Gasteiger partial charge in [0.05, 0.1) is 6.20 Å². The molecule has 0 fully saturated rings. The van der Waals surface area contributed by atoms with Gasteiger partial charge in [0, 0.05) is 0 Å². The maximum absolute atomic E-state index is 5.40. The van der Waals surface area contributed by atoms with E-state index >= 15 is 0 Å². The topological polar surface area (TPSA) is 26.0 Å². The van der Waals surface area contributed by atoms with E-state index in [0.717, 1.165) is 11.8 Å². The van der Waals surface area contributed by atoms with Crippen molar-refractivity contribution in [2.45, 2.75) is 9.39 Å². The van der Waals surface area contributed by atoms with Gasteiger partial charge in [-0.05, 0) is 11.8 Å². The predicted molar refractivity (Wildman–Crippen MR) is 37.9 cm³/mol. The number of aromatic nitrogens is 1. The number of thioether (sulfide) groups is 1. The van der Waals surface area contributed by atoms with Crippen LogP contribution in [0.4, 0.5) is 0 Å². The molecule has 0 aliphatic carbocycles. The van der Waals surface area contributed by atoms with E-state index in [1.165, 1.54) is 6.26 Å². The van der Waals surface area contributed by atoms with Crippen molar-refractivity contribution in [2.75, 3.05) is 0 Å². The van der Waals surface area contributed by atoms with Crippen LogP contribution in [0.1, 0.15) is 0 Å². The van der Waals surface area contributed by atoms with E-state index < -0.39 is 4.17 Å². The summed E-state index contributed by atoms with van der Waals surface area (Å²) in [6, 6.07) is 0. The average molecular weight is 184 g/mol. The fourth-order valence-corrected chi connectivity index (χ4v) is 1.19. The first-order valence-corrected chi connectivity index (χ1v) is 3.88. The van der Waals surface area contributed by atoms with E-state index in [1.54, 1.807) is 6.20 Å². The quantitative estimate of drug-likeness (QED) is 0.521. The Hall–Kier alpha value is 0.140. The van der Waals surface area contributed by atoms with Crippen LogP contribution in [0.15, 0.2) is 22.1 Å². The Morgan fingerprint density at radius 3 is 2.89 bits per heavy atom. The lowest BCUT2D eigenvalue weighted by atomic mass is 11.0. The Kier molecular flexibility index (Phi) is 2.69. The Bertz CT molecular complexity index is 165. The fourth-order valence-electron chi connectivity index (χ4n) is 0.345. The maximum Gasteiger partial charge on any atom is 0.258 e. The molecular formula is C4H3Cl2NOS. The van der Waals surface area contributed by atoms with Crippen molar-refractivity contribution in [1.29, 1.82) is 0 Å². The summed E-state index contributed by atoms with van der Waals surface area (Å²) in [6.07, 6.45) is 3.01. The Balaban J connectivity index is 2.48. The summed E-state index contributed by atoms with van der Waals surface area (Å²) in [5, 5.41) is 0.491. The van der Waals surface area contributed by atoms with Gasteiger partial charge in [-0.1, -0.05) is 23.2 Å². The molecule has 0 N–H and O–H groups in total. The van der Waals surface area contributed by atoms with E-state index in [0.29, 0.717) is 5.22 Å². The van der Waals surface area contributed by atoms with Gasteiger partial charge >= 0.3 is 0 Å². The molecule has 0 unspecified atom stereocenters. The first-order chi connectivity index (χ1) is 4.29. The Labute approximate surface area is 66.5 Å². The number of alkyl halides is 2. The van der Waals surface area contributed by atoms with Gasteiger partial charge in [-0.25, -0.2) is 4.98 Å². The Morgan fingerprint density at radius 1 is 1.67 bits per heavy atom. The molecular weight excluding hydrogens is 181 g/mol. The molecule has 0 amide bonds. The van der Waals surface area contributed by atoms with Gasteiger partial charge in [0.15, 0.2) is 4.17 Å². The SMILES string of the molecule is ClC(Cl)Sc1ncco1. The van der Waals surface area contributed by atoms with E-state index in [4.69, 9.17) is 27.6 Å². The molecule has 0 atom stereocenters. The van der Waals surface area contributed by atoms with Crippen molar-refractivity contribution in [3.8, 4) is 0 Å². The van der Waals surface area contributed by atoms with Gasteiger partial charge in [0.1, 0.15) is 6.26 Å². The highest BCUT2D eigenvalue weighted by Crippen LogP contribution is 2.26. The van der Waals surface area contributed by atoms with Crippen molar-refractivity contribution in [1.82, 2.24) is 4.98 Å². The summed E-state index contributed by atoms with van der Waals surface area (Å²) in [5.74, 6) is 0. The number of halogens is 2. The van der Waals surface area contributed by atoms with Gasteiger partial charge in [-0.15, -0.1) is 0 Å². The lowest BCUT2D eigenvalue weighted by Crippen LogP contribution is -1.75. The van der Waals surface area contributed by atoms with Crippen LogP contribution in [-0.2, 0) is 0 Å². The molecule has 0 spiro atoms. The Morgan fingerprint density at radius 2 is 2.44 bits per heavy atom. The molecule has 0 saturated carbocycles. The van der Waals surface area contributed by atoms with Gasteiger partial charge in [0.25, 0.3) is 5.22 Å². The average Bonchev–Trinajstić information content (AvgIpc) is 2.15. The van der Waals surface area contributed by atoms with Gasteiger partial charge < -0.3 is 4.42 Å². The molecule has 9 heavy (non-hydrogen) atoms. The molecule has 0 bridgehead atoms. The molecule has 1 rings (SSSR count). The van der Waals surface area contributed by atoms with Gasteiger partial charge in [-0.3, -0.25) is 0 Å². The van der Waals surface area contributed by atoms with E-state index in [-0.39, 0.29) is 0 Å². The van der Waals surface area contributed by atoms with Crippen molar-refractivity contribution in [3.05, 3.63) is 12.5 Å². The minimum atomic E-state index is -0.511. The third kappa shape index (κ3) is 2.47. The molecule has 1 heterocycles. The minimum absolute atomic E-state index is 0.491. The van der Waals surface area contributed by atoms with Crippen LogP contribution in [0.5, 0.6) is 0 Å². The van der Waals surface area contributed by atoms with Crippen molar-refractivity contribution >= 4 is 35.0 Å². The van der Waals surface area contributed by atoms with Crippen LogP contribution in [0.25, 0.3) is 0 Å². The van der Waals surface area contributed by atoms with Crippen LogP contribution < -0.4 is 0 Å². The summed E-state index contributed by atoms with van der Waals surface area (Å²) >= 11 is 12.0. The highest BCUT2D eigenvalue weighted by molar-refractivity contribution is 8.02. The van der Waals surface area contributed by atoms with E-state index in [2.05, 4.69) is 4.98 Å². The molecule has 50 valence electrons. The largest absolute Gasteiger partial charge is 0.440 e. The minimum Gasteiger partial charge on any atom is -0.440 e. The summed E-state index contributed by atoms with van der Waals surface area (Å²) in [4.78, 5) is 3.78. The van der Waals surface area contributed by atoms with Crippen molar-refractivity contribution in [2.24, 2.45) is 0 Å². The second kappa shape index (κ2) is 3.34. The lowest BCUT2D eigenvalue weighted by molar-refractivity contribution is 0.454. The first-order valence-electron chi connectivity index (χ1n) is 2.13. The number of hydrogen-bond acceptors (Lipinski definition) is 3. The predicted octanol–water partition coefficient (Wildman–Crippen LogP) is 2.53. The molecule has 0 aromatic carbocycles. The standard InChI is InChI=1S/C4H3Cl2NOS/c5-3(6)9-4-7-1-2-8-4/h1-3H. The monoisotopic (exact) mass is 183 g/mol. The van der Waals surface area contributed by atoms with Crippen LogP contribution in [0.3, 0.4) is 0 Å². The molecule has 0 saturated heterocycles. The zero-order chi connectivity index (χ0) is 6.69. The van der Waals surface area contributed by atoms with E-state index in [9.17, 15) is 0 Å². The van der Waals surface area contributed by atoms with Crippen LogP contribution in [0, 0.1) is 0 Å². The van der Waals surface area contributed by atoms with Crippen LogP contribution >= 0.6 is 35.0 Å². The summed E-state index contributed by atoms with van der Waals surface area (Å²) in [5.41, 5.74) is 0. The second-order valence-electron chi connectivity index (χ2n) is 1.18. The van der Waals surface area contributed by atoms with Crippen molar-refractivity contribution < 1.29 is 4.42 Å². The fraction of sp³-hybridized carbons (Fsp3) is 0.250. The van der Waals surface area contributed by atoms with Gasteiger partial charge in [0.2, 0.25) is 0 Å². The normalized spacial score (nSPS) is 10.6. The molecule has 0 radical (unpaired) electrons. The summed E-state index contributed by atoms with van der Waals surface area (Å²) in [6.45, 7) is 0. The number of hydrogen-bond donors (Lipinski definition) is 0. The van der Waals surface area contributed by atoms with Gasteiger partial charge in [-0.2, -0.15) is 0 Å². The van der Waals surface area contributed by atoms with Crippen molar-refractivity contribution in [3.63, 3.8) is 0 Å². The molecule has 5 heteroatoms.